The van der Waals surface area contributed by atoms with Crippen LogP contribution < -0.4 is 0 Å². The first-order valence-electron chi connectivity index (χ1n) is 8.22. The first-order chi connectivity index (χ1) is 9.99. The third-order valence-corrected chi connectivity index (χ3v) is 5.50. The molecule has 0 spiro atoms. The van der Waals surface area contributed by atoms with Gasteiger partial charge in [-0.05, 0) is 43.2 Å². The second kappa shape index (κ2) is 6.20. The number of hydrogen-bond acceptors (Lipinski definition) is 2. The van der Waals surface area contributed by atoms with E-state index in [4.69, 9.17) is 0 Å². The number of nitrogens with zero attached hydrogens (tertiary/aromatic N) is 1. The Bertz CT molecular complexity index is 511. The van der Waals surface area contributed by atoms with Crippen molar-refractivity contribution in [3.63, 3.8) is 0 Å². The molecule has 1 fully saturated rings. The fourth-order valence-corrected chi connectivity index (χ4v) is 3.73. The van der Waals surface area contributed by atoms with Gasteiger partial charge in [-0.3, -0.25) is 0 Å². The van der Waals surface area contributed by atoms with Crippen molar-refractivity contribution in [1.29, 1.82) is 5.26 Å². The van der Waals surface area contributed by atoms with Crippen LogP contribution in [0.1, 0.15) is 64.0 Å². The molecule has 21 heavy (non-hydrogen) atoms. The number of aliphatic hydroxyl groups is 1. The molecule has 0 aliphatic heterocycles. The van der Waals surface area contributed by atoms with E-state index in [1.165, 1.54) is 12.0 Å². The van der Waals surface area contributed by atoms with Crippen molar-refractivity contribution in [3.8, 4) is 6.07 Å². The van der Waals surface area contributed by atoms with Crippen LogP contribution in [0.3, 0.4) is 0 Å². The summed E-state index contributed by atoms with van der Waals surface area (Å²) in [6.45, 7) is 6.13. The lowest BCUT2D eigenvalue weighted by Gasteiger charge is -2.45. The lowest BCUT2D eigenvalue weighted by Crippen LogP contribution is -2.45. The molecular weight excluding hydrogens is 258 g/mol. The van der Waals surface area contributed by atoms with E-state index < -0.39 is 11.0 Å². The molecule has 2 nitrogen and oxygen atoms in total. The van der Waals surface area contributed by atoms with E-state index in [-0.39, 0.29) is 0 Å². The number of hydrogen-bond donors (Lipinski definition) is 1. The van der Waals surface area contributed by atoms with Crippen LogP contribution in [0.4, 0.5) is 0 Å². The predicted molar refractivity (Wildman–Crippen MR) is 85.7 cm³/mol. The van der Waals surface area contributed by atoms with Crippen molar-refractivity contribution in [2.24, 2.45) is 11.3 Å². The van der Waals surface area contributed by atoms with Gasteiger partial charge in [0.1, 0.15) is 5.60 Å². The van der Waals surface area contributed by atoms with E-state index in [2.05, 4.69) is 32.0 Å². The van der Waals surface area contributed by atoms with Crippen LogP contribution in [0.2, 0.25) is 0 Å². The van der Waals surface area contributed by atoms with E-state index in [0.29, 0.717) is 5.92 Å². The zero-order valence-corrected chi connectivity index (χ0v) is 13.5. The third-order valence-electron chi connectivity index (χ3n) is 5.50. The van der Waals surface area contributed by atoms with Gasteiger partial charge in [-0.1, -0.05) is 57.4 Å². The van der Waals surface area contributed by atoms with Crippen LogP contribution in [0.15, 0.2) is 24.3 Å². The molecule has 0 bridgehead atoms. The second-order valence-electron chi connectivity index (χ2n) is 6.69. The molecule has 2 heteroatoms. The highest BCUT2D eigenvalue weighted by Gasteiger charge is 2.50. The van der Waals surface area contributed by atoms with Gasteiger partial charge < -0.3 is 5.11 Å². The van der Waals surface area contributed by atoms with Crippen molar-refractivity contribution in [1.82, 2.24) is 0 Å². The molecule has 0 amide bonds. The minimum Gasteiger partial charge on any atom is -0.384 e. The Morgan fingerprint density at radius 2 is 2.00 bits per heavy atom. The fraction of sp³-hybridized carbons (Fsp3) is 0.632. The smallest absolute Gasteiger partial charge is 0.105 e. The van der Waals surface area contributed by atoms with Crippen molar-refractivity contribution >= 4 is 0 Å². The molecule has 1 N–H and O–H groups in total. The highest BCUT2D eigenvalue weighted by Crippen LogP contribution is 2.51. The van der Waals surface area contributed by atoms with Gasteiger partial charge in [-0.2, -0.15) is 5.26 Å². The van der Waals surface area contributed by atoms with Crippen molar-refractivity contribution in [2.45, 2.75) is 64.9 Å². The molecule has 114 valence electrons. The minimum atomic E-state index is -1.08. The maximum absolute atomic E-state index is 11.2. The molecule has 0 aromatic heterocycles. The van der Waals surface area contributed by atoms with E-state index in [1.807, 2.05) is 19.1 Å². The minimum absolute atomic E-state index is 0.555. The summed E-state index contributed by atoms with van der Waals surface area (Å²) in [5.74, 6) is 0.555. The molecule has 1 aliphatic rings. The number of aryl methyl sites for hydroxylation is 1. The van der Waals surface area contributed by atoms with Crippen molar-refractivity contribution in [2.75, 3.05) is 0 Å². The fourth-order valence-electron chi connectivity index (χ4n) is 3.73. The normalized spacial score (nSPS) is 28.6. The number of rotatable bonds is 4. The van der Waals surface area contributed by atoms with E-state index in [9.17, 15) is 10.4 Å². The van der Waals surface area contributed by atoms with E-state index >= 15 is 0 Å². The number of benzene rings is 1. The average molecular weight is 285 g/mol. The predicted octanol–water partition coefficient (Wildman–Crippen LogP) is 4.57. The molecule has 2 rings (SSSR count). The maximum atomic E-state index is 11.2. The average Bonchev–Trinajstić information content (AvgIpc) is 2.54. The van der Waals surface area contributed by atoms with Gasteiger partial charge in [0.25, 0.3) is 0 Å². The zero-order valence-electron chi connectivity index (χ0n) is 13.5. The third kappa shape index (κ3) is 2.85. The monoisotopic (exact) mass is 285 g/mol. The van der Waals surface area contributed by atoms with Crippen LogP contribution in [-0.2, 0) is 12.0 Å². The summed E-state index contributed by atoms with van der Waals surface area (Å²) in [5, 5.41) is 21.1. The number of nitriles is 1. The van der Waals surface area contributed by atoms with Gasteiger partial charge >= 0.3 is 0 Å². The maximum Gasteiger partial charge on any atom is 0.105 e. The molecular formula is C19H27NO. The van der Waals surface area contributed by atoms with Crippen molar-refractivity contribution < 1.29 is 5.11 Å². The van der Waals surface area contributed by atoms with Gasteiger partial charge in [0.2, 0.25) is 0 Å². The topological polar surface area (TPSA) is 44.0 Å². The second-order valence-corrected chi connectivity index (χ2v) is 6.69. The molecule has 0 radical (unpaired) electrons. The molecule has 3 atom stereocenters. The first kappa shape index (κ1) is 16.0. The van der Waals surface area contributed by atoms with Gasteiger partial charge in [0, 0.05) is 0 Å². The van der Waals surface area contributed by atoms with Crippen LogP contribution >= 0.6 is 0 Å². The summed E-state index contributed by atoms with van der Waals surface area (Å²) in [7, 11) is 0. The summed E-state index contributed by atoms with van der Waals surface area (Å²) in [6.07, 6.45) is 5.91. The van der Waals surface area contributed by atoms with Crippen LogP contribution in [-0.4, -0.2) is 5.11 Å². The first-order valence-corrected chi connectivity index (χ1v) is 8.22. The molecule has 0 saturated heterocycles. The van der Waals surface area contributed by atoms with Crippen LogP contribution in [0.5, 0.6) is 0 Å². The Labute approximate surface area is 128 Å². The summed E-state index contributed by atoms with van der Waals surface area (Å²) >= 11 is 0. The standard InChI is InChI=1S/C19H27NO/c1-4-15-8-10-17(11-9-15)18(3,21)19(14-20)12-6-7-16(5-2)13-19/h8-11,16,21H,4-7,12-13H2,1-3H3. The highest BCUT2D eigenvalue weighted by molar-refractivity contribution is 5.31. The molecule has 1 aliphatic carbocycles. The van der Waals surface area contributed by atoms with Gasteiger partial charge in [-0.15, -0.1) is 0 Å². The quantitative estimate of drug-likeness (QED) is 0.881. The largest absolute Gasteiger partial charge is 0.384 e. The Balaban J connectivity index is 2.36. The molecule has 1 aromatic rings. The Kier molecular flexibility index (Phi) is 4.74. The summed E-state index contributed by atoms with van der Waals surface area (Å²) < 4.78 is 0. The molecule has 3 unspecified atom stereocenters. The van der Waals surface area contributed by atoms with E-state index in [1.54, 1.807) is 0 Å². The summed E-state index contributed by atoms with van der Waals surface area (Å²) in [4.78, 5) is 0. The zero-order chi connectivity index (χ0) is 15.5. The summed E-state index contributed by atoms with van der Waals surface area (Å²) in [6, 6.07) is 10.6. The Hall–Kier alpha value is -1.33. The Morgan fingerprint density at radius 3 is 2.52 bits per heavy atom. The summed E-state index contributed by atoms with van der Waals surface area (Å²) in [5.41, 5.74) is 0.398. The Morgan fingerprint density at radius 1 is 1.33 bits per heavy atom. The van der Waals surface area contributed by atoms with E-state index in [0.717, 1.165) is 37.7 Å². The van der Waals surface area contributed by atoms with Gasteiger partial charge in [-0.25, -0.2) is 0 Å². The van der Waals surface area contributed by atoms with Crippen molar-refractivity contribution in [3.05, 3.63) is 35.4 Å². The van der Waals surface area contributed by atoms with Crippen LogP contribution in [0, 0.1) is 22.7 Å². The lowest BCUT2D eigenvalue weighted by atomic mass is 9.59. The molecule has 0 heterocycles. The van der Waals surface area contributed by atoms with Gasteiger partial charge in [0.15, 0.2) is 0 Å². The molecule has 1 aromatic carbocycles. The van der Waals surface area contributed by atoms with Crippen LogP contribution in [0.25, 0.3) is 0 Å². The van der Waals surface area contributed by atoms with Gasteiger partial charge in [0.05, 0.1) is 11.5 Å². The highest BCUT2D eigenvalue weighted by atomic mass is 16.3. The lowest BCUT2D eigenvalue weighted by molar-refractivity contribution is -0.0738. The SMILES string of the molecule is CCc1ccc(C(C)(O)C2(C#N)CCCC(CC)C2)cc1. The molecule has 1 saturated carbocycles.